The van der Waals surface area contributed by atoms with Crippen LogP contribution in [0.2, 0.25) is 10.0 Å². The quantitative estimate of drug-likeness (QED) is 0.529. The van der Waals surface area contributed by atoms with E-state index in [9.17, 15) is 9.59 Å². The van der Waals surface area contributed by atoms with E-state index in [-0.39, 0.29) is 40.8 Å². The van der Waals surface area contributed by atoms with Gasteiger partial charge in [-0.05, 0) is 20.8 Å². The molecule has 2 aromatic rings. The van der Waals surface area contributed by atoms with Crippen LogP contribution in [0.3, 0.4) is 0 Å². The van der Waals surface area contributed by atoms with Gasteiger partial charge < -0.3 is 24.4 Å². The second-order valence-corrected chi connectivity index (χ2v) is 11.7. The van der Waals surface area contributed by atoms with Crippen LogP contribution in [0.15, 0.2) is 12.3 Å². The summed E-state index contributed by atoms with van der Waals surface area (Å²) in [6.07, 6.45) is 1.39. The summed E-state index contributed by atoms with van der Waals surface area (Å²) in [6, 6.07) is 1.30. The molecule has 0 bridgehead atoms. The third-order valence-corrected chi connectivity index (χ3v) is 7.90. The minimum absolute atomic E-state index is 0.158. The summed E-state index contributed by atoms with van der Waals surface area (Å²) in [6.45, 7) is 8.12. The molecular weight excluding hydrogens is 561 g/mol. The average Bonchev–Trinajstić information content (AvgIpc) is 2.84. The zero-order valence-electron chi connectivity index (χ0n) is 23.3. The van der Waals surface area contributed by atoms with E-state index in [0.29, 0.717) is 55.1 Å². The highest BCUT2D eigenvalue weighted by molar-refractivity contribution is 6.42. The molecule has 14 heteroatoms. The molecule has 5 rings (SSSR count). The first-order chi connectivity index (χ1) is 18.9. The number of nitrogens with zero attached hydrogens (tertiary/aromatic N) is 6. The van der Waals surface area contributed by atoms with Crippen molar-refractivity contribution in [1.82, 2.24) is 19.8 Å². The summed E-state index contributed by atoms with van der Waals surface area (Å²) in [7, 11) is 4.69. The molecule has 40 heavy (non-hydrogen) atoms. The predicted molar refractivity (Wildman–Crippen MR) is 152 cm³/mol. The highest BCUT2D eigenvalue weighted by Crippen LogP contribution is 2.48. The van der Waals surface area contributed by atoms with Gasteiger partial charge in [-0.25, -0.2) is 14.6 Å². The number of nitrogens with one attached hydrogen (secondary N) is 1. The molecule has 3 amide bonds. The van der Waals surface area contributed by atoms with E-state index in [1.54, 1.807) is 29.1 Å². The van der Waals surface area contributed by atoms with E-state index in [4.69, 9.17) is 37.4 Å². The molecule has 12 nitrogen and oxygen atoms in total. The number of methoxy groups -OCH3 is 2. The minimum Gasteiger partial charge on any atom is -0.495 e. The second-order valence-electron chi connectivity index (χ2n) is 10.9. The van der Waals surface area contributed by atoms with Gasteiger partial charge in [0.1, 0.15) is 33.0 Å². The Morgan fingerprint density at radius 1 is 1.05 bits per heavy atom. The van der Waals surface area contributed by atoms with Crippen molar-refractivity contribution < 1.29 is 23.8 Å². The lowest BCUT2D eigenvalue weighted by Gasteiger charge is -2.54. The molecular formula is C26H33Cl2N7O5. The first kappa shape index (κ1) is 28.3. The largest absolute Gasteiger partial charge is 0.495 e. The Bertz CT molecular complexity index is 1300. The van der Waals surface area contributed by atoms with Gasteiger partial charge in [0.2, 0.25) is 5.95 Å². The molecule has 1 aromatic heterocycles. The fourth-order valence-electron chi connectivity index (χ4n) is 5.02. The fraction of sp³-hybridized carbons (Fsp3) is 0.538. The number of likely N-dealkylation sites (tertiary alicyclic amines) is 2. The lowest BCUT2D eigenvalue weighted by molar-refractivity contribution is -0.0330. The fourth-order valence-corrected chi connectivity index (χ4v) is 5.73. The minimum atomic E-state index is -0.537. The van der Waals surface area contributed by atoms with Crippen molar-refractivity contribution in [2.75, 3.05) is 62.6 Å². The Morgan fingerprint density at radius 3 is 2.23 bits per heavy atom. The summed E-state index contributed by atoms with van der Waals surface area (Å²) in [5, 5.41) is 3.34. The third-order valence-electron chi connectivity index (χ3n) is 7.17. The molecule has 2 fully saturated rings. The Balaban J connectivity index is 1.39. The summed E-state index contributed by atoms with van der Waals surface area (Å²) < 4.78 is 16.3. The number of halogens is 2. The van der Waals surface area contributed by atoms with E-state index >= 15 is 0 Å². The van der Waals surface area contributed by atoms with Gasteiger partial charge in [-0.2, -0.15) is 4.98 Å². The number of hydrogen-bond donors (Lipinski definition) is 1. The molecule has 3 aliphatic heterocycles. The highest BCUT2D eigenvalue weighted by Gasteiger charge is 2.48. The average molecular weight is 595 g/mol. The zero-order valence-corrected chi connectivity index (χ0v) is 24.8. The lowest BCUT2D eigenvalue weighted by atomic mass is 9.98. The normalized spacial score (nSPS) is 18.2. The maximum Gasteiger partial charge on any atom is 0.410 e. The van der Waals surface area contributed by atoms with Crippen molar-refractivity contribution in [3.63, 3.8) is 0 Å². The van der Waals surface area contributed by atoms with Gasteiger partial charge in [-0.15, -0.1) is 0 Å². The number of carbonyl (C=O) groups excluding carboxylic acids is 2. The van der Waals surface area contributed by atoms with Crippen molar-refractivity contribution in [1.29, 1.82) is 0 Å². The molecule has 0 atom stereocenters. The Morgan fingerprint density at radius 2 is 1.68 bits per heavy atom. The maximum atomic E-state index is 14.1. The van der Waals surface area contributed by atoms with Gasteiger partial charge in [-0.3, -0.25) is 14.7 Å². The summed E-state index contributed by atoms with van der Waals surface area (Å²) in [4.78, 5) is 42.6. The number of anilines is 3. The topological polar surface area (TPSA) is 113 Å². The van der Waals surface area contributed by atoms with Crippen LogP contribution >= 0.6 is 23.2 Å². The SMILES string of the molecule is CNc1ncc2c(n1)N(C1CN(C3CN(C(=O)OC(C)(C)C)C3)C1)C(=O)N(c1c(Cl)c(OC)cc(OC)c1Cl)C2. The number of benzene rings is 1. The van der Waals surface area contributed by atoms with E-state index in [1.807, 2.05) is 20.8 Å². The monoisotopic (exact) mass is 593 g/mol. The van der Waals surface area contributed by atoms with Gasteiger partial charge in [0.05, 0.1) is 32.5 Å². The van der Waals surface area contributed by atoms with Crippen molar-refractivity contribution in [3.05, 3.63) is 27.9 Å². The number of fused-ring (bicyclic) bond motifs is 1. The van der Waals surface area contributed by atoms with Gasteiger partial charge in [-0.1, -0.05) is 23.2 Å². The molecule has 0 unspecified atom stereocenters. The van der Waals surface area contributed by atoms with Crippen LogP contribution in [-0.2, 0) is 11.3 Å². The van der Waals surface area contributed by atoms with Gasteiger partial charge in [0.25, 0.3) is 0 Å². The van der Waals surface area contributed by atoms with Crippen molar-refractivity contribution in [2.24, 2.45) is 0 Å². The number of rotatable bonds is 6. The molecule has 0 radical (unpaired) electrons. The van der Waals surface area contributed by atoms with Gasteiger partial charge in [0.15, 0.2) is 0 Å². The summed E-state index contributed by atoms with van der Waals surface area (Å²) >= 11 is 13.4. The van der Waals surface area contributed by atoms with E-state index in [0.717, 1.165) is 5.56 Å². The van der Waals surface area contributed by atoms with Crippen LogP contribution in [0.25, 0.3) is 0 Å². The molecule has 3 aliphatic rings. The number of urea groups is 1. The molecule has 0 spiro atoms. The number of aromatic nitrogens is 2. The molecule has 216 valence electrons. The van der Waals surface area contributed by atoms with Crippen LogP contribution in [0, 0.1) is 0 Å². The van der Waals surface area contributed by atoms with Crippen molar-refractivity contribution >= 4 is 52.8 Å². The van der Waals surface area contributed by atoms with Crippen LogP contribution < -0.4 is 24.6 Å². The molecule has 1 aromatic carbocycles. The zero-order chi connectivity index (χ0) is 28.9. The molecule has 1 N–H and O–H groups in total. The van der Waals surface area contributed by atoms with Crippen LogP contribution in [0.1, 0.15) is 26.3 Å². The first-order valence-electron chi connectivity index (χ1n) is 12.9. The van der Waals surface area contributed by atoms with E-state index in [1.165, 1.54) is 19.1 Å². The van der Waals surface area contributed by atoms with E-state index in [2.05, 4.69) is 20.2 Å². The molecule has 4 heterocycles. The Kier molecular flexibility index (Phi) is 7.53. The third kappa shape index (κ3) is 5.04. The molecule has 0 aliphatic carbocycles. The second kappa shape index (κ2) is 10.6. The predicted octanol–water partition coefficient (Wildman–Crippen LogP) is 4.09. The number of ether oxygens (including phenoxy) is 3. The maximum absolute atomic E-state index is 14.1. The van der Waals surface area contributed by atoms with E-state index < -0.39 is 5.60 Å². The van der Waals surface area contributed by atoms with Crippen molar-refractivity contribution in [2.45, 2.75) is 45.0 Å². The van der Waals surface area contributed by atoms with Gasteiger partial charge >= 0.3 is 12.1 Å². The number of carbonyl (C=O) groups is 2. The lowest BCUT2D eigenvalue weighted by Crippen LogP contribution is -2.72. The van der Waals surface area contributed by atoms with Crippen LogP contribution in [0.4, 0.5) is 27.0 Å². The smallest absolute Gasteiger partial charge is 0.410 e. The number of hydrogen-bond acceptors (Lipinski definition) is 9. The first-order valence-corrected chi connectivity index (χ1v) is 13.7. The molecule has 0 saturated carbocycles. The Hall–Kier alpha value is -3.22. The highest BCUT2D eigenvalue weighted by atomic mass is 35.5. The van der Waals surface area contributed by atoms with Gasteiger partial charge in [0, 0.05) is 57.1 Å². The van der Waals surface area contributed by atoms with Crippen LogP contribution in [0.5, 0.6) is 11.5 Å². The van der Waals surface area contributed by atoms with Crippen molar-refractivity contribution in [3.8, 4) is 11.5 Å². The standard InChI is InChI=1S/C26H33Cl2N7O5/c1-26(2,3)40-25(37)33-10-15(11-33)32-12-16(13-32)35-22-14(8-30-23(29-4)31-22)9-34(24(35)36)21-19(27)17(38-5)7-18(39-6)20(21)28/h7-8,15-16H,9-13H2,1-6H3,(H,29,30,31). The Labute approximate surface area is 243 Å². The van der Waals surface area contributed by atoms with Crippen LogP contribution in [-0.4, -0.2) is 97.0 Å². The number of amides is 3. The molecule has 2 saturated heterocycles. The summed E-state index contributed by atoms with van der Waals surface area (Å²) in [5.74, 6) is 1.61. The summed E-state index contributed by atoms with van der Waals surface area (Å²) in [5.41, 5.74) is 0.497.